The van der Waals surface area contributed by atoms with Gasteiger partial charge < -0.3 is 10.2 Å². The molecule has 1 fully saturated rings. The highest BCUT2D eigenvalue weighted by Crippen LogP contribution is 2.11. The molecule has 0 bridgehead atoms. The van der Waals surface area contributed by atoms with E-state index in [1.165, 1.54) is 25.9 Å². The summed E-state index contributed by atoms with van der Waals surface area (Å²) < 4.78 is 0. The molecule has 0 aromatic rings. The van der Waals surface area contributed by atoms with Crippen LogP contribution in [-0.2, 0) is 0 Å². The van der Waals surface area contributed by atoms with Crippen LogP contribution in [0.1, 0.15) is 26.7 Å². The molecule has 0 radical (unpaired) electrons. The fourth-order valence-corrected chi connectivity index (χ4v) is 1.94. The summed E-state index contributed by atoms with van der Waals surface area (Å²) in [6.07, 6.45) is 2.43. The summed E-state index contributed by atoms with van der Waals surface area (Å²) in [4.78, 5) is 2.36. The van der Waals surface area contributed by atoms with Gasteiger partial charge in [0.15, 0.2) is 0 Å². The summed E-state index contributed by atoms with van der Waals surface area (Å²) in [6, 6.07) is 3.00. The number of nitrogens with zero attached hydrogens (tertiary/aromatic N) is 2. The molecular formula is C12H23N3. The van der Waals surface area contributed by atoms with E-state index in [4.69, 9.17) is 5.26 Å². The zero-order valence-corrected chi connectivity index (χ0v) is 10.2. The first-order chi connectivity index (χ1) is 7.13. The van der Waals surface area contributed by atoms with Crippen molar-refractivity contribution >= 4 is 0 Å². The molecule has 1 aliphatic rings. The maximum absolute atomic E-state index is 8.97. The van der Waals surface area contributed by atoms with E-state index in [1.807, 2.05) is 0 Å². The molecule has 0 saturated carbocycles. The predicted molar refractivity (Wildman–Crippen MR) is 62.5 cm³/mol. The van der Waals surface area contributed by atoms with Crippen molar-refractivity contribution in [2.24, 2.45) is 11.8 Å². The Balaban J connectivity index is 2.22. The average Bonchev–Trinajstić information content (AvgIpc) is 2.21. The number of hydrogen-bond acceptors (Lipinski definition) is 3. The van der Waals surface area contributed by atoms with Crippen molar-refractivity contribution in [1.29, 1.82) is 5.26 Å². The second kappa shape index (κ2) is 6.09. The first kappa shape index (κ1) is 12.5. The number of likely N-dealkylation sites (tertiary alicyclic amines) is 1. The molecule has 1 atom stereocenters. The lowest BCUT2D eigenvalue weighted by Crippen LogP contribution is -2.42. The van der Waals surface area contributed by atoms with Crippen molar-refractivity contribution < 1.29 is 0 Å². The van der Waals surface area contributed by atoms with Crippen LogP contribution in [0.25, 0.3) is 0 Å². The van der Waals surface area contributed by atoms with E-state index in [1.54, 1.807) is 0 Å². The van der Waals surface area contributed by atoms with E-state index in [2.05, 4.69) is 37.2 Å². The van der Waals surface area contributed by atoms with E-state index in [9.17, 15) is 0 Å². The van der Waals surface area contributed by atoms with E-state index in [0.717, 1.165) is 6.54 Å². The van der Waals surface area contributed by atoms with Gasteiger partial charge in [0.2, 0.25) is 0 Å². The highest BCUT2D eigenvalue weighted by Gasteiger charge is 2.18. The van der Waals surface area contributed by atoms with Crippen LogP contribution in [-0.4, -0.2) is 37.6 Å². The van der Waals surface area contributed by atoms with Gasteiger partial charge in [-0.2, -0.15) is 5.26 Å². The molecule has 0 amide bonds. The lowest BCUT2D eigenvalue weighted by Gasteiger charge is -2.30. The van der Waals surface area contributed by atoms with Gasteiger partial charge in [0.05, 0.1) is 12.0 Å². The maximum atomic E-state index is 8.97. The quantitative estimate of drug-likeness (QED) is 0.762. The van der Waals surface area contributed by atoms with Gasteiger partial charge in [0, 0.05) is 12.6 Å². The van der Waals surface area contributed by atoms with Crippen LogP contribution in [0.3, 0.4) is 0 Å². The summed E-state index contributed by atoms with van der Waals surface area (Å²) in [7, 11) is 2.17. The third-order valence-corrected chi connectivity index (χ3v) is 3.32. The Morgan fingerprint density at radius 3 is 2.47 bits per heavy atom. The van der Waals surface area contributed by atoms with Crippen molar-refractivity contribution in [3.8, 4) is 6.07 Å². The highest BCUT2D eigenvalue weighted by atomic mass is 15.1. The molecule has 1 aliphatic heterocycles. The van der Waals surface area contributed by atoms with Crippen LogP contribution in [0.15, 0.2) is 0 Å². The zero-order valence-electron chi connectivity index (χ0n) is 10.2. The fourth-order valence-electron chi connectivity index (χ4n) is 1.94. The molecular weight excluding hydrogens is 186 g/mol. The minimum atomic E-state index is 0.157. The minimum Gasteiger partial charge on any atom is -0.313 e. The van der Waals surface area contributed by atoms with Crippen LogP contribution in [0.5, 0.6) is 0 Å². The van der Waals surface area contributed by atoms with Crippen LogP contribution in [0.4, 0.5) is 0 Å². The molecule has 1 rings (SSSR count). The van der Waals surface area contributed by atoms with Gasteiger partial charge in [0.25, 0.3) is 0 Å². The third kappa shape index (κ3) is 4.19. The number of nitrogens with one attached hydrogen (secondary N) is 1. The number of rotatable bonds is 4. The molecule has 86 valence electrons. The smallest absolute Gasteiger partial charge is 0.0671 e. The third-order valence-electron chi connectivity index (χ3n) is 3.32. The summed E-state index contributed by atoms with van der Waals surface area (Å²) in [5.41, 5.74) is 0. The van der Waals surface area contributed by atoms with E-state index >= 15 is 0 Å². The first-order valence-electron chi connectivity index (χ1n) is 5.95. The second-order valence-electron chi connectivity index (χ2n) is 4.97. The molecule has 0 spiro atoms. The Bertz CT molecular complexity index is 211. The van der Waals surface area contributed by atoms with Crippen molar-refractivity contribution in [3.05, 3.63) is 0 Å². The summed E-state index contributed by atoms with van der Waals surface area (Å²) in [5, 5.41) is 12.5. The van der Waals surface area contributed by atoms with Crippen LogP contribution in [0.2, 0.25) is 0 Å². The first-order valence-corrected chi connectivity index (χ1v) is 5.95. The number of hydrogen-bond donors (Lipinski definition) is 1. The van der Waals surface area contributed by atoms with E-state index < -0.39 is 0 Å². The molecule has 1 heterocycles. The monoisotopic (exact) mass is 209 g/mol. The topological polar surface area (TPSA) is 39.1 Å². The van der Waals surface area contributed by atoms with E-state index in [-0.39, 0.29) is 5.92 Å². The SMILES string of the molecule is CC(C)C(C#N)CNC1CCN(C)CC1. The molecule has 0 aromatic heterocycles. The van der Waals surface area contributed by atoms with Crippen LogP contribution >= 0.6 is 0 Å². The van der Waals surface area contributed by atoms with Crippen LogP contribution < -0.4 is 5.32 Å². The van der Waals surface area contributed by atoms with Crippen molar-refractivity contribution in [2.45, 2.75) is 32.7 Å². The van der Waals surface area contributed by atoms with Gasteiger partial charge in [-0.25, -0.2) is 0 Å². The van der Waals surface area contributed by atoms with Gasteiger partial charge in [-0.15, -0.1) is 0 Å². The summed E-state index contributed by atoms with van der Waals surface area (Å²) in [5.74, 6) is 0.610. The van der Waals surface area contributed by atoms with Gasteiger partial charge in [-0.3, -0.25) is 0 Å². The molecule has 15 heavy (non-hydrogen) atoms. The van der Waals surface area contributed by atoms with Crippen molar-refractivity contribution in [3.63, 3.8) is 0 Å². The fraction of sp³-hybridized carbons (Fsp3) is 0.917. The zero-order chi connectivity index (χ0) is 11.3. The van der Waals surface area contributed by atoms with E-state index in [0.29, 0.717) is 12.0 Å². The minimum absolute atomic E-state index is 0.157. The Hall–Kier alpha value is -0.590. The summed E-state index contributed by atoms with van der Waals surface area (Å²) >= 11 is 0. The molecule has 3 heteroatoms. The molecule has 0 aromatic carbocycles. The second-order valence-corrected chi connectivity index (χ2v) is 4.97. The van der Waals surface area contributed by atoms with Crippen LogP contribution in [0, 0.1) is 23.2 Å². The number of nitriles is 1. The maximum Gasteiger partial charge on any atom is 0.0671 e. The Kier molecular flexibility index (Phi) is 5.07. The Morgan fingerprint density at radius 1 is 1.40 bits per heavy atom. The van der Waals surface area contributed by atoms with Gasteiger partial charge in [-0.1, -0.05) is 13.8 Å². The largest absolute Gasteiger partial charge is 0.313 e. The lowest BCUT2D eigenvalue weighted by atomic mass is 9.96. The van der Waals surface area contributed by atoms with Crippen molar-refractivity contribution in [2.75, 3.05) is 26.7 Å². The average molecular weight is 209 g/mol. The van der Waals surface area contributed by atoms with Gasteiger partial charge in [0.1, 0.15) is 0 Å². The lowest BCUT2D eigenvalue weighted by molar-refractivity contribution is 0.229. The normalized spacial score (nSPS) is 21.5. The van der Waals surface area contributed by atoms with Gasteiger partial charge in [-0.05, 0) is 38.9 Å². The summed E-state index contributed by atoms with van der Waals surface area (Å²) in [6.45, 7) is 7.43. The molecule has 3 nitrogen and oxygen atoms in total. The molecule has 1 unspecified atom stereocenters. The molecule has 1 N–H and O–H groups in total. The van der Waals surface area contributed by atoms with Gasteiger partial charge >= 0.3 is 0 Å². The van der Waals surface area contributed by atoms with Crippen molar-refractivity contribution in [1.82, 2.24) is 10.2 Å². The predicted octanol–water partition coefficient (Wildman–Crippen LogP) is 1.47. The molecule has 0 aliphatic carbocycles. The Labute approximate surface area is 93.5 Å². The number of piperidine rings is 1. The molecule has 1 saturated heterocycles. The Morgan fingerprint density at radius 2 is 2.00 bits per heavy atom. The standard InChI is InChI=1S/C12H23N3/c1-10(2)11(8-13)9-14-12-4-6-15(3)7-5-12/h10-12,14H,4-7,9H2,1-3H3. The highest BCUT2D eigenvalue weighted by molar-refractivity contribution is 4.88.